The molecule has 58 heavy (non-hydrogen) atoms. The summed E-state index contributed by atoms with van der Waals surface area (Å²) in [6.07, 6.45) is 18.2. The summed E-state index contributed by atoms with van der Waals surface area (Å²) in [6, 6.07) is 9.81. The largest absolute Gasteiger partial charge is 0.460 e. The zero-order valence-electron chi connectivity index (χ0n) is 36.8. The Bertz CT molecular complexity index is 1780. The van der Waals surface area contributed by atoms with Crippen LogP contribution < -0.4 is 5.32 Å². The van der Waals surface area contributed by atoms with Gasteiger partial charge in [-0.05, 0) is 152 Å². The standard InChI is InChI=1S/C50H76N2O5S/c1-35(2)38-17-24-50(51-27-28-52-29-31-58(55,56)32-30-52)26-25-47(6)40(43(38)50)13-14-42-46(5)20-18-39(45(3,4)41(46)19-21-48(42,47)7)37-15-22-49(34-53,23-16-37)44(54)57-33-36-11-9-8-10-12-36/h8-12,15,18,38,40-43,51,53,55-56H,1,13-14,16-17,19-34H2,2-7H3/t38-,40+,41-,42+,43+,46-,47+,48+,49?,50-/m0/s1. The first-order valence-electron chi connectivity index (χ1n) is 23.0. The fourth-order valence-corrected chi connectivity index (χ4v) is 16.8. The highest BCUT2D eigenvalue weighted by atomic mass is 32.3. The number of aliphatic hydroxyl groups is 1. The van der Waals surface area contributed by atoms with Crippen molar-refractivity contribution in [2.24, 2.45) is 56.7 Å². The van der Waals surface area contributed by atoms with Crippen LogP contribution in [0.4, 0.5) is 0 Å². The average Bonchev–Trinajstić information content (AvgIpc) is 3.58. The Morgan fingerprint density at radius 2 is 1.64 bits per heavy atom. The van der Waals surface area contributed by atoms with Gasteiger partial charge in [-0.1, -0.05) is 89.3 Å². The van der Waals surface area contributed by atoms with Crippen molar-refractivity contribution in [2.75, 3.05) is 44.3 Å². The maximum Gasteiger partial charge on any atom is 0.315 e. The third-order valence-electron chi connectivity index (χ3n) is 18.9. The number of benzene rings is 1. The van der Waals surface area contributed by atoms with Crippen LogP contribution in [0.3, 0.4) is 0 Å². The summed E-state index contributed by atoms with van der Waals surface area (Å²) in [5.74, 6) is 3.90. The van der Waals surface area contributed by atoms with E-state index in [4.69, 9.17) is 4.74 Å². The normalized spacial score (nSPS) is 42.4. The van der Waals surface area contributed by atoms with Gasteiger partial charge in [0.15, 0.2) is 0 Å². The summed E-state index contributed by atoms with van der Waals surface area (Å²) in [5, 5.41) is 14.8. The van der Waals surface area contributed by atoms with E-state index in [-0.39, 0.29) is 46.4 Å². The van der Waals surface area contributed by atoms with Gasteiger partial charge in [-0.2, -0.15) is 10.6 Å². The molecule has 1 aliphatic heterocycles. The van der Waals surface area contributed by atoms with Crippen LogP contribution in [0.15, 0.2) is 65.8 Å². The van der Waals surface area contributed by atoms with Crippen molar-refractivity contribution in [3.63, 3.8) is 0 Å². The highest BCUT2D eigenvalue weighted by Crippen LogP contribution is 2.76. The molecule has 1 unspecified atom stereocenters. The number of hydrogen-bond donors (Lipinski definition) is 4. The number of ether oxygens (including phenoxy) is 1. The maximum absolute atomic E-state index is 13.5. The number of nitrogens with zero attached hydrogens (tertiary/aromatic N) is 1. The summed E-state index contributed by atoms with van der Waals surface area (Å²) in [7, 11) is -2.37. The SMILES string of the molecule is C=C(C)[C@@H]1CC[C@]2(NCCN3CCS(O)(O)CC3)CC[C@]3(C)[C@H](CC[C@@H]4[C@@]5(C)CC=C(C6=CCC(CO)(C(=O)OCc7ccccc7)CC6)C(C)(C)[C@@H]5CC[C@]43C)[C@@H]12. The molecule has 4 N–H and O–H groups in total. The number of rotatable bonds is 10. The van der Waals surface area contributed by atoms with Gasteiger partial charge in [0.25, 0.3) is 0 Å². The van der Waals surface area contributed by atoms with Crippen LogP contribution in [0, 0.1) is 56.7 Å². The Morgan fingerprint density at radius 1 is 0.897 bits per heavy atom. The lowest BCUT2D eigenvalue weighted by Gasteiger charge is -2.72. The molecule has 1 heterocycles. The van der Waals surface area contributed by atoms with Crippen molar-refractivity contribution in [3.05, 3.63) is 71.3 Å². The van der Waals surface area contributed by atoms with E-state index in [2.05, 4.69) is 70.5 Å². The molecular formula is C50H76N2O5S. The molecule has 8 rings (SSSR count). The lowest BCUT2D eigenvalue weighted by Crippen LogP contribution is -2.68. The van der Waals surface area contributed by atoms with E-state index in [1.165, 1.54) is 68.1 Å². The molecule has 5 fully saturated rings. The summed E-state index contributed by atoms with van der Waals surface area (Å²) in [6.45, 7) is 23.7. The number of hydrogen-bond acceptors (Lipinski definition) is 7. The Hall–Kier alpha value is -1.94. The molecule has 0 spiro atoms. The molecule has 10 atom stereocenters. The van der Waals surface area contributed by atoms with Gasteiger partial charge in [0.1, 0.15) is 6.61 Å². The van der Waals surface area contributed by atoms with E-state index < -0.39 is 16.0 Å². The number of fused-ring (bicyclic) bond motifs is 7. The first-order chi connectivity index (χ1) is 27.4. The lowest BCUT2D eigenvalue weighted by molar-refractivity contribution is -0.221. The minimum atomic E-state index is -2.37. The summed E-state index contributed by atoms with van der Waals surface area (Å²) in [5.41, 5.74) is 5.33. The van der Waals surface area contributed by atoms with Crippen LogP contribution in [0.25, 0.3) is 0 Å². The quantitative estimate of drug-likeness (QED) is 0.138. The van der Waals surface area contributed by atoms with E-state index in [9.17, 15) is 19.0 Å². The van der Waals surface area contributed by atoms with Crippen molar-refractivity contribution in [1.29, 1.82) is 0 Å². The summed E-state index contributed by atoms with van der Waals surface area (Å²) < 4.78 is 26.2. The lowest BCUT2D eigenvalue weighted by atomic mass is 9.33. The Morgan fingerprint density at radius 3 is 2.31 bits per heavy atom. The summed E-state index contributed by atoms with van der Waals surface area (Å²) in [4.78, 5) is 15.9. The molecule has 6 aliphatic carbocycles. The Kier molecular flexibility index (Phi) is 11.4. The van der Waals surface area contributed by atoms with Crippen molar-refractivity contribution < 1.29 is 23.7 Å². The molecule has 0 amide bonds. The molecule has 322 valence electrons. The van der Waals surface area contributed by atoms with E-state index in [0.717, 1.165) is 44.6 Å². The van der Waals surface area contributed by atoms with E-state index >= 15 is 0 Å². The predicted molar refractivity (Wildman–Crippen MR) is 237 cm³/mol. The molecule has 1 aromatic carbocycles. The van der Waals surface area contributed by atoms with Gasteiger partial charge in [-0.3, -0.25) is 18.8 Å². The first kappa shape index (κ1) is 42.7. The molecule has 4 saturated carbocycles. The molecule has 1 aromatic rings. The zero-order chi connectivity index (χ0) is 41.4. The molecular weight excluding hydrogens is 741 g/mol. The van der Waals surface area contributed by atoms with E-state index in [1.54, 1.807) is 0 Å². The zero-order valence-corrected chi connectivity index (χ0v) is 37.6. The second-order valence-electron chi connectivity index (χ2n) is 21.8. The van der Waals surface area contributed by atoms with Gasteiger partial charge in [-0.25, -0.2) is 0 Å². The number of nitrogens with one attached hydrogen (secondary N) is 1. The van der Waals surface area contributed by atoms with Crippen LogP contribution in [0.2, 0.25) is 0 Å². The topological polar surface area (TPSA) is 102 Å². The molecule has 0 bridgehead atoms. The van der Waals surface area contributed by atoms with Gasteiger partial charge < -0.3 is 15.2 Å². The first-order valence-corrected chi connectivity index (χ1v) is 24.9. The van der Waals surface area contributed by atoms with Crippen LogP contribution >= 0.6 is 10.6 Å². The fourth-order valence-electron chi connectivity index (χ4n) is 15.5. The van der Waals surface area contributed by atoms with Crippen molar-refractivity contribution in [2.45, 2.75) is 131 Å². The number of esters is 1. The van der Waals surface area contributed by atoms with Crippen LogP contribution in [0.1, 0.15) is 124 Å². The van der Waals surface area contributed by atoms with Crippen molar-refractivity contribution in [1.82, 2.24) is 10.2 Å². The highest BCUT2D eigenvalue weighted by molar-refractivity contribution is 8.24. The molecule has 8 heteroatoms. The Balaban J connectivity index is 0.993. The highest BCUT2D eigenvalue weighted by Gasteiger charge is 2.70. The molecule has 7 nitrogen and oxygen atoms in total. The molecule has 7 aliphatic rings. The fraction of sp³-hybridized carbons (Fsp3) is 0.740. The van der Waals surface area contributed by atoms with Gasteiger partial charge in [0.05, 0.1) is 23.5 Å². The Labute approximate surface area is 352 Å². The van der Waals surface area contributed by atoms with E-state index in [0.29, 0.717) is 53.9 Å². The van der Waals surface area contributed by atoms with Crippen LogP contribution in [-0.2, 0) is 16.1 Å². The van der Waals surface area contributed by atoms with Gasteiger partial charge in [0.2, 0.25) is 0 Å². The van der Waals surface area contributed by atoms with E-state index in [1.807, 2.05) is 30.3 Å². The number of aliphatic hydroxyl groups excluding tert-OH is 1. The van der Waals surface area contributed by atoms with Crippen LogP contribution in [0.5, 0.6) is 0 Å². The third-order valence-corrected chi connectivity index (χ3v) is 20.6. The van der Waals surface area contributed by atoms with Crippen LogP contribution in [-0.4, -0.2) is 74.9 Å². The number of carbonyl (C=O) groups excluding carboxylic acids is 1. The summed E-state index contributed by atoms with van der Waals surface area (Å²) >= 11 is 0. The minimum absolute atomic E-state index is 0.0264. The molecule has 0 radical (unpaired) electrons. The molecule has 0 aromatic heterocycles. The number of allylic oxidation sites excluding steroid dienone is 5. The smallest absolute Gasteiger partial charge is 0.315 e. The van der Waals surface area contributed by atoms with Gasteiger partial charge >= 0.3 is 5.97 Å². The van der Waals surface area contributed by atoms with Gasteiger partial charge in [-0.15, -0.1) is 0 Å². The predicted octanol–water partition coefficient (Wildman–Crippen LogP) is 10.4. The van der Waals surface area contributed by atoms with Gasteiger partial charge in [0, 0.05) is 31.7 Å². The average molecular weight is 817 g/mol. The minimum Gasteiger partial charge on any atom is -0.460 e. The third kappa shape index (κ3) is 6.94. The van der Waals surface area contributed by atoms with Crippen molar-refractivity contribution >= 4 is 16.6 Å². The maximum atomic E-state index is 13.5. The monoisotopic (exact) mass is 817 g/mol. The second kappa shape index (κ2) is 15.4. The van der Waals surface area contributed by atoms with Crippen molar-refractivity contribution in [3.8, 4) is 0 Å². The number of carbonyl (C=O) groups is 1. The second-order valence-corrected chi connectivity index (χ2v) is 24.2. The molecule has 1 saturated heterocycles.